The average molecular weight is 317 g/mol. The van der Waals surface area contributed by atoms with Gasteiger partial charge in [-0.15, -0.1) is 0 Å². The molecule has 0 saturated carbocycles. The van der Waals surface area contributed by atoms with Crippen LogP contribution in [0, 0.1) is 0 Å². The molecule has 2 aromatic heterocycles. The number of fused-ring (bicyclic) bond motifs is 1. The molecule has 4 nitrogen and oxygen atoms in total. The molecule has 0 saturated heterocycles. The Bertz CT molecular complexity index is 690. The van der Waals surface area contributed by atoms with Crippen molar-refractivity contribution < 1.29 is 0 Å². The Hall–Kier alpha value is -1.72. The molecular weight excluding hydrogens is 304 g/mol. The first-order valence-electron chi connectivity index (χ1n) is 6.01. The van der Waals surface area contributed by atoms with Gasteiger partial charge in [0.25, 0.3) is 0 Å². The molecule has 1 unspecified atom stereocenters. The number of aromatic nitrogens is 3. The number of nitrogens with zero attached hydrogens (tertiary/aromatic N) is 3. The molecule has 96 valence electrons. The molecule has 5 heteroatoms. The summed E-state index contributed by atoms with van der Waals surface area (Å²) in [5.41, 5.74) is 9.48. The highest BCUT2D eigenvalue weighted by Gasteiger charge is 2.12. The van der Waals surface area contributed by atoms with Crippen molar-refractivity contribution in [3.8, 4) is 0 Å². The van der Waals surface area contributed by atoms with Crippen molar-refractivity contribution in [1.82, 2.24) is 14.6 Å². The van der Waals surface area contributed by atoms with E-state index in [1.807, 2.05) is 24.5 Å². The van der Waals surface area contributed by atoms with Crippen LogP contribution >= 0.6 is 15.9 Å². The molecule has 0 aliphatic heterocycles. The second-order valence-electron chi connectivity index (χ2n) is 4.44. The lowest BCUT2D eigenvalue weighted by Crippen LogP contribution is -2.13. The first-order chi connectivity index (χ1) is 9.24. The van der Waals surface area contributed by atoms with Crippen molar-refractivity contribution >= 4 is 21.4 Å². The molecule has 1 atom stereocenters. The third kappa shape index (κ3) is 2.52. The molecule has 0 radical (unpaired) electrons. The van der Waals surface area contributed by atoms with Crippen LogP contribution in [-0.2, 0) is 6.42 Å². The van der Waals surface area contributed by atoms with Gasteiger partial charge in [-0.25, -0.2) is 4.52 Å². The van der Waals surface area contributed by atoms with Crippen LogP contribution in [0.3, 0.4) is 0 Å². The van der Waals surface area contributed by atoms with Crippen LogP contribution in [0.25, 0.3) is 5.52 Å². The first-order valence-corrected chi connectivity index (χ1v) is 6.80. The molecule has 3 aromatic rings. The Kier molecular flexibility index (Phi) is 3.31. The van der Waals surface area contributed by atoms with Crippen LogP contribution < -0.4 is 5.73 Å². The SMILES string of the molecule is NC(Cc1ccc(Br)cc1)c1cnn2ccncc12. The summed E-state index contributed by atoms with van der Waals surface area (Å²) in [5, 5.41) is 4.28. The van der Waals surface area contributed by atoms with Crippen molar-refractivity contribution in [3.05, 3.63) is 64.7 Å². The van der Waals surface area contributed by atoms with E-state index in [-0.39, 0.29) is 6.04 Å². The Balaban J connectivity index is 1.87. The molecule has 0 fully saturated rings. The molecule has 19 heavy (non-hydrogen) atoms. The third-order valence-corrected chi connectivity index (χ3v) is 3.65. The van der Waals surface area contributed by atoms with Crippen molar-refractivity contribution in [2.75, 3.05) is 0 Å². The maximum Gasteiger partial charge on any atom is 0.0892 e. The Morgan fingerprint density at radius 3 is 2.79 bits per heavy atom. The molecule has 2 N–H and O–H groups in total. The quantitative estimate of drug-likeness (QED) is 0.808. The fourth-order valence-electron chi connectivity index (χ4n) is 2.12. The van der Waals surface area contributed by atoms with Gasteiger partial charge in [-0.05, 0) is 24.1 Å². The van der Waals surface area contributed by atoms with E-state index in [0.717, 1.165) is 22.0 Å². The number of rotatable bonds is 3. The zero-order valence-electron chi connectivity index (χ0n) is 10.2. The number of nitrogens with two attached hydrogens (primary N) is 1. The minimum Gasteiger partial charge on any atom is -0.324 e. The van der Waals surface area contributed by atoms with Crippen molar-refractivity contribution in [1.29, 1.82) is 0 Å². The molecule has 0 aliphatic rings. The predicted molar refractivity (Wildman–Crippen MR) is 77.8 cm³/mol. The van der Waals surface area contributed by atoms with Crippen LogP contribution in [0.4, 0.5) is 0 Å². The molecule has 0 bridgehead atoms. The van der Waals surface area contributed by atoms with E-state index >= 15 is 0 Å². The van der Waals surface area contributed by atoms with Gasteiger partial charge < -0.3 is 5.73 Å². The first kappa shape index (κ1) is 12.3. The Labute approximate surface area is 119 Å². The predicted octanol–water partition coefficient (Wildman–Crippen LogP) is 2.73. The van der Waals surface area contributed by atoms with Gasteiger partial charge in [-0.2, -0.15) is 5.10 Å². The van der Waals surface area contributed by atoms with Crippen LogP contribution in [0.5, 0.6) is 0 Å². The molecular formula is C14H13BrN4. The molecule has 0 amide bonds. The summed E-state index contributed by atoms with van der Waals surface area (Å²) in [6.07, 6.45) is 7.93. The van der Waals surface area contributed by atoms with E-state index in [9.17, 15) is 0 Å². The van der Waals surface area contributed by atoms with Gasteiger partial charge in [0, 0.05) is 28.5 Å². The van der Waals surface area contributed by atoms with E-state index in [4.69, 9.17) is 5.73 Å². The van der Waals surface area contributed by atoms with E-state index in [2.05, 4.69) is 38.1 Å². The van der Waals surface area contributed by atoms with Crippen molar-refractivity contribution in [2.24, 2.45) is 5.73 Å². The summed E-state index contributed by atoms with van der Waals surface area (Å²) in [6.45, 7) is 0. The van der Waals surface area contributed by atoms with Gasteiger partial charge in [0.05, 0.1) is 17.9 Å². The van der Waals surface area contributed by atoms with Crippen LogP contribution in [0.1, 0.15) is 17.2 Å². The number of hydrogen-bond donors (Lipinski definition) is 1. The molecule has 1 aromatic carbocycles. The van der Waals surface area contributed by atoms with Gasteiger partial charge in [0.1, 0.15) is 0 Å². The van der Waals surface area contributed by atoms with Gasteiger partial charge >= 0.3 is 0 Å². The zero-order valence-corrected chi connectivity index (χ0v) is 11.8. The minimum absolute atomic E-state index is 0.0807. The third-order valence-electron chi connectivity index (χ3n) is 3.12. The monoisotopic (exact) mass is 316 g/mol. The Morgan fingerprint density at radius 2 is 2.00 bits per heavy atom. The maximum absolute atomic E-state index is 6.28. The normalized spacial score (nSPS) is 12.7. The average Bonchev–Trinajstić information content (AvgIpc) is 2.85. The van der Waals surface area contributed by atoms with Gasteiger partial charge in [-0.1, -0.05) is 28.1 Å². The van der Waals surface area contributed by atoms with Crippen molar-refractivity contribution in [2.45, 2.75) is 12.5 Å². The van der Waals surface area contributed by atoms with Crippen LogP contribution in [0.15, 0.2) is 53.5 Å². The summed E-state index contributed by atoms with van der Waals surface area (Å²) in [7, 11) is 0. The molecule has 0 spiro atoms. The number of hydrogen-bond acceptors (Lipinski definition) is 3. The highest BCUT2D eigenvalue weighted by Crippen LogP contribution is 2.21. The summed E-state index contributed by atoms with van der Waals surface area (Å²) < 4.78 is 2.87. The summed E-state index contributed by atoms with van der Waals surface area (Å²) in [4.78, 5) is 4.12. The summed E-state index contributed by atoms with van der Waals surface area (Å²) in [6, 6.07) is 8.13. The lowest BCUT2D eigenvalue weighted by Gasteiger charge is -2.10. The van der Waals surface area contributed by atoms with Gasteiger partial charge in [0.2, 0.25) is 0 Å². The Morgan fingerprint density at radius 1 is 1.21 bits per heavy atom. The van der Waals surface area contributed by atoms with E-state index in [0.29, 0.717) is 0 Å². The number of halogens is 1. The minimum atomic E-state index is -0.0807. The van der Waals surface area contributed by atoms with E-state index < -0.39 is 0 Å². The largest absolute Gasteiger partial charge is 0.324 e. The van der Waals surface area contributed by atoms with Gasteiger partial charge in [-0.3, -0.25) is 4.98 Å². The van der Waals surface area contributed by atoms with Crippen LogP contribution in [0.2, 0.25) is 0 Å². The molecule has 3 rings (SSSR count). The smallest absolute Gasteiger partial charge is 0.0892 e. The fraction of sp³-hybridized carbons (Fsp3) is 0.143. The molecule has 2 heterocycles. The maximum atomic E-state index is 6.28. The fourth-order valence-corrected chi connectivity index (χ4v) is 2.39. The highest BCUT2D eigenvalue weighted by molar-refractivity contribution is 9.10. The lowest BCUT2D eigenvalue weighted by atomic mass is 10.0. The summed E-state index contributed by atoms with van der Waals surface area (Å²) >= 11 is 3.43. The topological polar surface area (TPSA) is 56.2 Å². The van der Waals surface area contributed by atoms with E-state index in [1.165, 1.54) is 5.56 Å². The van der Waals surface area contributed by atoms with E-state index in [1.54, 1.807) is 16.9 Å². The standard InChI is InChI=1S/C14H13BrN4/c15-11-3-1-10(2-4-11)7-13(16)12-8-18-19-6-5-17-9-14(12)19/h1-6,8-9,13H,7,16H2. The number of benzene rings is 1. The summed E-state index contributed by atoms with van der Waals surface area (Å²) in [5.74, 6) is 0. The zero-order chi connectivity index (χ0) is 13.2. The molecule has 0 aliphatic carbocycles. The lowest BCUT2D eigenvalue weighted by molar-refractivity contribution is 0.727. The second-order valence-corrected chi connectivity index (χ2v) is 5.36. The second kappa shape index (κ2) is 5.11. The van der Waals surface area contributed by atoms with Crippen molar-refractivity contribution in [3.63, 3.8) is 0 Å². The van der Waals surface area contributed by atoms with Gasteiger partial charge in [0.15, 0.2) is 0 Å². The van der Waals surface area contributed by atoms with Crippen LogP contribution in [-0.4, -0.2) is 14.6 Å². The highest BCUT2D eigenvalue weighted by atomic mass is 79.9.